The van der Waals surface area contributed by atoms with Crippen molar-refractivity contribution in [3.05, 3.63) is 23.9 Å². The molecule has 0 spiro atoms. The Balaban J connectivity index is 1.77. The molecule has 2 atom stereocenters. The van der Waals surface area contributed by atoms with Crippen LogP contribution in [0.5, 0.6) is 0 Å². The Bertz CT molecular complexity index is 949. The number of pyridine rings is 1. The largest absolute Gasteiger partial charge is 0.465 e. The summed E-state index contributed by atoms with van der Waals surface area (Å²) >= 11 is 0. The minimum Gasteiger partial charge on any atom is -0.465 e. The van der Waals surface area contributed by atoms with Crippen LogP contribution in [0.25, 0.3) is 0 Å². The number of alkyl halides is 3. The van der Waals surface area contributed by atoms with Gasteiger partial charge in [-0.1, -0.05) is 0 Å². The van der Waals surface area contributed by atoms with Gasteiger partial charge in [-0.3, -0.25) is 4.79 Å². The van der Waals surface area contributed by atoms with E-state index in [1.807, 2.05) is 0 Å². The van der Waals surface area contributed by atoms with Crippen molar-refractivity contribution in [3.8, 4) is 0 Å². The van der Waals surface area contributed by atoms with Gasteiger partial charge in [0, 0.05) is 44.0 Å². The Morgan fingerprint density at radius 3 is 2.20 bits per heavy atom. The zero-order valence-electron chi connectivity index (χ0n) is 20.9. The number of carbonyl (C=O) groups is 2. The molecule has 1 aliphatic carbocycles. The average molecular weight is 501 g/mol. The SMILES string of the molecule is CC(C)(C)N(C(=O)O)C1CCC(C(=O)N2CCN(c3cc(C(F)(F)F)ccn3)CC2)(C(C)(C)O)C1. The molecule has 1 saturated carbocycles. The Labute approximate surface area is 203 Å². The predicted octanol–water partition coefficient (Wildman–Crippen LogP) is 3.84. The molecule has 2 N–H and O–H groups in total. The Morgan fingerprint density at radius 1 is 1.11 bits per heavy atom. The molecule has 1 aromatic rings. The number of carboxylic acid groups (broad SMARTS) is 1. The zero-order chi connectivity index (χ0) is 26.4. The maximum Gasteiger partial charge on any atom is 0.416 e. The number of piperazine rings is 1. The van der Waals surface area contributed by atoms with E-state index >= 15 is 0 Å². The molecule has 1 aliphatic heterocycles. The van der Waals surface area contributed by atoms with Gasteiger partial charge in [0.1, 0.15) is 5.82 Å². The van der Waals surface area contributed by atoms with Crippen molar-refractivity contribution in [3.63, 3.8) is 0 Å². The number of amides is 2. The first kappa shape index (κ1) is 27.0. The molecular weight excluding hydrogens is 465 g/mol. The second-order valence-corrected chi connectivity index (χ2v) is 11.0. The topological polar surface area (TPSA) is 97.2 Å². The molecule has 2 unspecified atom stereocenters. The number of hydrogen-bond donors (Lipinski definition) is 2. The Kier molecular flexibility index (Phi) is 7.06. The first-order valence-electron chi connectivity index (χ1n) is 11.8. The summed E-state index contributed by atoms with van der Waals surface area (Å²) in [6, 6.07) is 1.51. The molecule has 1 saturated heterocycles. The van der Waals surface area contributed by atoms with E-state index in [1.54, 1.807) is 44.4 Å². The highest BCUT2D eigenvalue weighted by atomic mass is 19.4. The number of carbonyl (C=O) groups excluding carboxylic acids is 1. The summed E-state index contributed by atoms with van der Waals surface area (Å²) in [5.74, 6) is -0.0456. The van der Waals surface area contributed by atoms with Gasteiger partial charge in [-0.25, -0.2) is 9.78 Å². The first-order chi connectivity index (χ1) is 16.0. The van der Waals surface area contributed by atoms with E-state index in [2.05, 4.69) is 4.98 Å². The van der Waals surface area contributed by atoms with Crippen molar-refractivity contribution in [1.29, 1.82) is 0 Å². The fraction of sp³-hybridized carbons (Fsp3) is 0.708. The number of halogens is 3. The van der Waals surface area contributed by atoms with Gasteiger partial charge < -0.3 is 24.9 Å². The summed E-state index contributed by atoms with van der Waals surface area (Å²) in [6.45, 7) is 9.69. The maximum atomic E-state index is 13.8. The normalized spacial score (nSPS) is 24.0. The highest BCUT2D eigenvalue weighted by Gasteiger charge is 2.58. The smallest absolute Gasteiger partial charge is 0.416 e. The van der Waals surface area contributed by atoms with Crippen LogP contribution in [0.4, 0.5) is 23.8 Å². The van der Waals surface area contributed by atoms with Gasteiger partial charge in [0.25, 0.3) is 0 Å². The van der Waals surface area contributed by atoms with Crippen molar-refractivity contribution < 1.29 is 33.0 Å². The molecule has 0 aromatic carbocycles. The van der Waals surface area contributed by atoms with Crippen molar-refractivity contribution in [2.24, 2.45) is 5.41 Å². The van der Waals surface area contributed by atoms with Gasteiger partial charge in [-0.15, -0.1) is 0 Å². The minimum atomic E-state index is -4.47. The van der Waals surface area contributed by atoms with Crippen molar-refractivity contribution in [2.45, 2.75) is 77.2 Å². The fourth-order valence-electron chi connectivity index (χ4n) is 5.45. The molecule has 196 valence electrons. The van der Waals surface area contributed by atoms with Crippen LogP contribution in [-0.2, 0) is 11.0 Å². The molecule has 2 heterocycles. The number of rotatable bonds is 4. The summed E-state index contributed by atoms with van der Waals surface area (Å²) in [5, 5.41) is 20.9. The summed E-state index contributed by atoms with van der Waals surface area (Å²) < 4.78 is 39.2. The molecule has 0 bridgehead atoms. The second kappa shape index (κ2) is 9.15. The second-order valence-electron chi connectivity index (χ2n) is 11.0. The third-order valence-electron chi connectivity index (χ3n) is 7.33. The van der Waals surface area contributed by atoms with E-state index in [4.69, 9.17) is 0 Å². The average Bonchev–Trinajstić information content (AvgIpc) is 3.17. The van der Waals surface area contributed by atoms with Gasteiger partial charge in [0.05, 0.1) is 16.6 Å². The standard InChI is InChI=1S/C24H35F3N4O4/c1-21(2,3)31(20(33)34)17-6-8-23(15-17,22(4,5)35)19(32)30-12-10-29(11-13-30)18-14-16(7-9-28-18)24(25,26)27/h7,9,14,17,35H,6,8,10-13,15H2,1-5H3,(H,33,34). The number of aliphatic hydroxyl groups is 1. The molecule has 2 fully saturated rings. The number of nitrogens with zero attached hydrogens (tertiary/aromatic N) is 4. The summed E-state index contributed by atoms with van der Waals surface area (Å²) in [4.78, 5) is 34.6. The van der Waals surface area contributed by atoms with E-state index < -0.39 is 40.4 Å². The third-order valence-corrected chi connectivity index (χ3v) is 7.33. The predicted molar refractivity (Wildman–Crippen MR) is 124 cm³/mol. The minimum absolute atomic E-state index is 0.201. The van der Waals surface area contributed by atoms with Gasteiger partial charge >= 0.3 is 12.3 Å². The van der Waals surface area contributed by atoms with Crippen LogP contribution in [0, 0.1) is 5.41 Å². The van der Waals surface area contributed by atoms with E-state index in [-0.39, 0.29) is 31.2 Å². The Morgan fingerprint density at radius 2 is 1.71 bits per heavy atom. The molecule has 3 rings (SSSR count). The van der Waals surface area contributed by atoms with Crippen LogP contribution >= 0.6 is 0 Å². The van der Waals surface area contributed by atoms with E-state index in [0.29, 0.717) is 25.9 Å². The molecule has 0 radical (unpaired) electrons. The molecule has 1 aromatic heterocycles. The lowest BCUT2D eigenvalue weighted by atomic mass is 9.70. The Hall–Kier alpha value is -2.56. The van der Waals surface area contributed by atoms with E-state index in [9.17, 15) is 33.0 Å². The maximum absolute atomic E-state index is 13.8. The summed E-state index contributed by atoms with van der Waals surface area (Å²) in [6.07, 6.45) is -3.41. The van der Waals surface area contributed by atoms with Gasteiger partial charge in [-0.05, 0) is 66.0 Å². The number of anilines is 1. The van der Waals surface area contributed by atoms with Crippen molar-refractivity contribution >= 4 is 17.8 Å². The lowest BCUT2D eigenvalue weighted by Crippen LogP contribution is -2.59. The van der Waals surface area contributed by atoms with Gasteiger partial charge in [-0.2, -0.15) is 13.2 Å². The molecule has 2 amide bonds. The molecule has 2 aliphatic rings. The zero-order valence-corrected chi connectivity index (χ0v) is 20.9. The third kappa shape index (κ3) is 5.34. The number of hydrogen-bond acceptors (Lipinski definition) is 5. The van der Waals surface area contributed by atoms with Crippen LogP contribution in [0.3, 0.4) is 0 Å². The van der Waals surface area contributed by atoms with Crippen LogP contribution in [0.2, 0.25) is 0 Å². The van der Waals surface area contributed by atoms with Crippen molar-refractivity contribution in [2.75, 3.05) is 31.1 Å². The lowest BCUT2D eigenvalue weighted by Gasteiger charge is -2.46. The monoisotopic (exact) mass is 500 g/mol. The van der Waals surface area contributed by atoms with E-state index in [1.165, 1.54) is 4.90 Å². The molecule has 8 nitrogen and oxygen atoms in total. The van der Waals surface area contributed by atoms with Gasteiger partial charge in [0.15, 0.2) is 0 Å². The quantitative estimate of drug-likeness (QED) is 0.652. The van der Waals surface area contributed by atoms with E-state index in [0.717, 1.165) is 18.3 Å². The fourth-order valence-corrected chi connectivity index (χ4v) is 5.45. The summed E-state index contributed by atoms with van der Waals surface area (Å²) in [5.41, 5.74) is -3.99. The van der Waals surface area contributed by atoms with Crippen molar-refractivity contribution in [1.82, 2.24) is 14.8 Å². The summed E-state index contributed by atoms with van der Waals surface area (Å²) in [7, 11) is 0. The van der Waals surface area contributed by atoms with Crippen LogP contribution in [0.15, 0.2) is 18.3 Å². The first-order valence-corrected chi connectivity index (χ1v) is 11.8. The highest BCUT2D eigenvalue weighted by Crippen LogP contribution is 2.50. The van der Waals surface area contributed by atoms with Crippen LogP contribution in [0.1, 0.15) is 59.4 Å². The molecule has 11 heteroatoms. The lowest BCUT2D eigenvalue weighted by molar-refractivity contribution is -0.158. The number of aromatic nitrogens is 1. The van der Waals surface area contributed by atoms with Crippen LogP contribution in [-0.4, -0.2) is 80.4 Å². The molecular formula is C24H35F3N4O4. The van der Waals surface area contributed by atoms with Crippen LogP contribution < -0.4 is 4.90 Å². The molecule has 35 heavy (non-hydrogen) atoms. The highest BCUT2D eigenvalue weighted by molar-refractivity contribution is 5.85. The van der Waals surface area contributed by atoms with Gasteiger partial charge in [0.2, 0.25) is 5.91 Å².